The van der Waals surface area contributed by atoms with E-state index in [2.05, 4.69) is 4.98 Å². The first-order chi connectivity index (χ1) is 6.13. The van der Waals surface area contributed by atoms with Gasteiger partial charge in [0, 0.05) is 12.1 Å². The van der Waals surface area contributed by atoms with Crippen LogP contribution in [-0.2, 0) is 6.42 Å². The molecule has 0 spiro atoms. The average Bonchev–Trinajstić information content (AvgIpc) is 2.03. The third kappa shape index (κ3) is 2.45. The van der Waals surface area contributed by atoms with Gasteiger partial charge in [0.05, 0.1) is 0 Å². The van der Waals surface area contributed by atoms with E-state index in [1.807, 2.05) is 0 Å². The smallest absolute Gasteiger partial charge is 0.358 e. The van der Waals surface area contributed by atoms with E-state index >= 15 is 0 Å². The molecule has 1 aromatic rings. The summed E-state index contributed by atoms with van der Waals surface area (Å²) in [7, 11) is 0. The van der Waals surface area contributed by atoms with Crippen LogP contribution in [0.25, 0.3) is 0 Å². The number of rotatable bonds is 3. The summed E-state index contributed by atoms with van der Waals surface area (Å²) in [6.45, 7) is 0.320. The lowest BCUT2D eigenvalue weighted by atomic mass is 10.2. The Kier molecular flexibility index (Phi) is 2.86. The number of nitro groups is 1. The molecule has 0 aromatic carbocycles. The van der Waals surface area contributed by atoms with Crippen LogP contribution >= 0.6 is 0 Å². The fraction of sp³-hybridized carbons (Fsp3) is 0.286. The lowest BCUT2D eigenvalue weighted by molar-refractivity contribution is -0.390. The van der Waals surface area contributed by atoms with E-state index in [1.54, 1.807) is 0 Å². The Balaban J connectivity index is 3.03. The maximum Gasteiger partial charge on any atom is 0.367 e. The van der Waals surface area contributed by atoms with Gasteiger partial charge in [-0.05, 0) is 28.4 Å². The topological polar surface area (TPSA) is 82.0 Å². The van der Waals surface area contributed by atoms with Crippen LogP contribution in [0.5, 0.6) is 0 Å². The summed E-state index contributed by atoms with van der Waals surface area (Å²) in [4.78, 5) is 12.6. The SMILES string of the molecule is NCCc1cc(F)nc([N+](=O)[O-])c1. The van der Waals surface area contributed by atoms with Gasteiger partial charge in [-0.2, -0.15) is 4.39 Å². The van der Waals surface area contributed by atoms with Crippen molar-refractivity contribution in [2.45, 2.75) is 6.42 Å². The van der Waals surface area contributed by atoms with Gasteiger partial charge in [-0.15, -0.1) is 0 Å². The van der Waals surface area contributed by atoms with Crippen LogP contribution in [0.3, 0.4) is 0 Å². The number of nitrogens with two attached hydrogens (primary N) is 1. The lowest BCUT2D eigenvalue weighted by Crippen LogP contribution is -2.04. The molecular formula is C7H8FN3O2. The molecule has 0 aliphatic carbocycles. The van der Waals surface area contributed by atoms with Crippen LogP contribution in [-0.4, -0.2) is 16.5 Å². The number of aromatic nitrogens is 1. The maximum atomic E-state index is 12.7. The van der Waals surface area contributed by atoms with Crippen molar-refractivity contribution in [1.82, 2.24) is 4.98 Å². The molecule has 0 atom stereocenters. The van der Waals surface area contributed by atoms with Gasteiger partial charge in [-0.25, -0.2) is 0 Å². The summed E-state index contributed by atoms with van der Waals surface area (Å²) in [6.07, 6.45) is 0.403. The molecule has 70 valence electrons. The first-order valence-electron chi connectivity index (χ1n) is 3.64. The number of hydrogen-bond acceptors (Lipinski definition) is 4. The van der Waals surface area contributed by atoms with E-state index < -0.39 is 16.7 Å². The normalized spacial score (nSPS) is 10.0. The standard InChI is InChI=1S/C7H8FN3O2/c8-6-3-5(1-2-9)4-7(10-6)11(12)13/h3-4H,1-2,9H2. The van der Waals surface area contributed by atoms with Crippen LogP contribution in [0.1, 0.15) is 5.56 Å². The average molecular weight is 185 g/mol. The van der Waals surface area contributed by atoms with Crippen molar-refractivity contribution in [2.75, 3.05) is 6.54 Å². The summed E-state index contributed by atoms with van der Waals surface area (Å²) in [6, 6.07) is 2.36. The van der Waals surface area contributed by atoms with Gasteiger partial charge in [0.25, 0.3) is 0 Å². The summed E-state index contributed by atoms with van der Waals surface area (Å²) < 4.78 is 12.7. The van der Waals surface area contributed by atoms with E-state index in [0.29, 0.717) is 18.5 Å². The van der Waals surface area contributed by atoms with Crippen LogP contribution in [0.15, 0.2) is 12.1 Å². The van der Waals surface area contributed by atoms with Crippen LogP contribution < -0.4 is 5.73 Å². The minimum absolute atomic E-state index is 0.320. The fourth-order valence-corrected chi connectivity index (χ4v) is 0.939. The van der Waals surface area contributed by atoms with Gasteiger partial charge in [-0.3, -0.25) is 0 Å². The highest BCUT2D eigenvalue weighted by Crippen LogP contribution is 2.11. The number of halogens is 1. The van der Waals surface area contributed by atoms with E-state index in [1.165, 1.54) is 6.07 Å². The number of nitrogens with zero attached hydrogens (tertiary/aromatic N) is 2. The van der Waals surface area contributed by atoms with Crippen LogP contribution in [0.2, 0.25) is 0 Å². The van der Waals surface area contributed by atoms with E-state index in [4.69, 9.17) is 5.73 Å². The third-order valence-electron chi connectivity index (χ3n) is 1.46. The lowest BCUT2D eigenvalue weighted by Gasteiger charge is -1.97. The summed E-state index contributed by atoms with van der Waals surface area (Å²) >= 11 is 0. The first-order valence-corrected chi connectivity index (χ1v) is 3.64. The van der Waals surface area contributed by atoms with E-state index in [9.17, 15) is 14.5 Å². The molecule has 1 rings (SSSR count). The molecule has 0 fully saturated rings. The molecule has 0 aliphatic heterocycles. The molecule has 0 radical (unpaired) electrons. The molecular weight excluding hydrogens is 177 g/mol. The van der Waals surface area contributed by atoms with Crippen molar-refractivity contribution in [3.05, 3.63) is 33.8 Å². The molecule has 0 aliphatic rings. The quantitative estimate of drug-likeness (QED) is 0.425. The Hall–Kier alpha value is -1.56. The highest BCUT2D eigenvalue weighted by Gasteiger charge is 2.12. The van der Waals surface area contributed by atoms with Gasteiger partial charge >= 0.3 is 11.8 Å². The molecule has 6 heteroatoms. The van der Waals surface area contributed by atoms with Gasteiger partial charge in [0.15, 0.2) is 0 Å². The monoisotopic (exact) mass is 185 g/mol. The molecule has 13 heavy (non-hydrogen) atoms. The highest BCUT2D eigenvalue weighted by molar-refractivity contribution is 5.26. The summed E-state index contributed by atoms with van der Waals surface area (Å²) in [5.74, 6) is -1.33. The van der Waals surface area contributed by atoms with Crippen LogP contribution in [0.4, 0.5) is 10.2 Å². The summed E-state index contributed by atoms with van der Waals surface area (Å²) in [5, 5.41) is 10.3. The Bertz CT molecular complexity index is 330. The third-order valence-corrected chi connectivity index (χ3v) is 1.46. The molecule has 5 nitrogen and oxygen atoms in total. The summed E-state index contributed by atoms with van der Waals surface area (Å²) in [5.41, 5.74) is 5.71. The zero-order valence-corrected chi connectivity index (χ0v) is 6.74. The van der Waals surface area contributed by atoms with Crippen molar-refractivity contribution in [3.8, 4) is 0 Å². The van der Waals surface area contributed by atoms with Crippen molar-refractivity contribution in [3.63, 3.8) is 0 Å². The Morgan fingerprint density at radius 2 is 2.31 bits per heavy atom. The molecule has 1 heterocycles. The first kappa shape index (κ1) is 9.53. The van der Waals surface area contributed by atoms with Gasteiger partial charge in [-0.1, -0.05) is 0 Å². The fourth-order valence-electron chi connectivity index (χ4n) is 0.939. The number of pyridine rings is 1. The van der Waals surface area contributed by atoms with Crippen molar-refractivity contribution < 1.29 is 9.31 Å². The Morgan fingerprint density at radius 1 is 1.62 bits per heavy atom. The molecule has 0 unspecified atom stereocenters. The highest BCUT2D eigenvalue weighted by atomic mass is 19.1. The minimum Gasteiger partial charge on any atom is -0.358 e. The Morgan fingerprint density at radius 3 is 2.85 bits per heavy atom. The molecule has 0 amide bonds. The van der Waals surface area contributed by atoms with Gasteiger partial charge in [0.2, 0.25) is 0 Å². The second-order valence-electron chi connectivity index (χ2n) is 2.45. The predicted molar refractivity (Wildman–Crippen MR) is 43.6 cm³/mol. The predicted octanol–water partition coefficient (Wildman–Crippen LogP) is 0.630. The maximum absolute atomic E-state index is 12.7. The van der Waals surface area contributed by atoms with Crippen molar-refractivity contribution in [1.29, 1.82) is 0 Å². The van der Waals surface area contributed by atoms with Gasteiger partial charge < -0.3 is 15.8 Å². The molecule has 0 bridgehead atoms. The molecule has 0 saturated heterocycles. The molecule has 2 N–H and O–H groups in total. The zero-order chi connectivity index (χ0) is 9.84. The Labute approximate surface area is 73.5 Å². The second-order valence-corrected chi connectivity index (χ2v) is 2.45. The zero-order valence-electron chi connectivity index (χ0n) is 6.74. The molecule has 1 aromatic heterocycles. The van der Waals surface area contributed by atoms with E-state index in [0.717, 1.165) is 6.07 Å². The van der Waals surface area contributed by atoms with E-state index in [-0.39, 0.29) is 0 Å². The number of hydrogen-bond donors (Lipinski definition) is 1. The largest absolute Gasteiger partial charge is 0.367 e. The van der Waals surface area contributed by atoms with Crippen LogP contribution in [0, 0.1) is 16.1 Å². The van der Waals surface area contributed by atoms with Crippen molar-refractivity contribution in [2.24, 2.45) is 5.73 Å². The second kappa shape index (κ2) is 3.90. The van der Waals surface area contributed by atoms with Gasteiger partial charge in [0.1, 0.15) is 0 Å². The van der Waals surface area contributed by atoms with Crippen molar-refractivity contribution >= 4 is 5.82 Å². The molecule has 0 saturated carbocycles. The minimum atomic E-state index is -0.849.